The van der Waals surface area contributed by atoms with E-state index in [9.17, 15) is 0 Å². The Kier molecular flexibility index (Phi) is 5.39. The third kappa shape index (κ3) is 4.83. The lowest BCUT2D eigenvalue weighted by molar-refractivity contribution is 0.304. The molecule has 1 N–H and O–H groups in total. The fourth-order valence-corrected chi connectivity index (χ4v) is 1.92. The molecule has 0 aliphatic heterocycles. The minimum Gasteiger partial charge on any atom is -0.487 e. The van der Waals surface area contributed by atoms with Crippen LogP contribution in [0.3, 0.4) is 0 Å². The number of nitrogens with zero attached hydrogens (tertiary/aromatic N) is 1. The average molecular weight is 291 g/mol. The topological polar surface area (TPSA) is 34.1 Å². The van der Waals surface area contributed by atoms with E-state index in [1.807, 2.05) is 36.4 Å². The molecule has 1 aromatic carbocycles. The lowest BCUT2D eigenvalue weighted by atomic mass is 10.2. The highest BCUT2D eigenvalue weighted by molar-refractivity contribution is 6.30. The van der Waals surface area contributed by atoms with Crippen LogP contribution in [0.1, 0.15) is 25.1 Å². The molecule has 0 amide bonds. The van der Waals surface area contributed by atoms with E-state index in [0.29, 0.717) is 12.6 Å². The largest absolute Gasteiger partial charge is 0.487 e. The molecule has 2 rings (SSSR count). The highest BCUT2D eigenvalue weighted by atomic mass is 35.5. The normalized spacial score (nSPS) is 10.8. The summed E-state index contributed by atoms with van der Waals surface area (Å²) in [7, 11) is 0. The summed E-state index contributed by atoms with van der Waals surface area (Å²) in [6.45, 7) is 5.49. The molecule has 3 nitrogen and oxygen atoms in total. The van der Waals surface area contributed by atoms with E-state index in [4.69, 9.17) is 16.3 Å². The molecule has 4 heteroatoms. The number of pyridine rings is 1. The maximum atomic E-state index is 5.93. The van der Waals surface area contributed by atoms with Crippen molar-refractivity contribution in [2.24, 2.45) is 0 Å². The van der Waals surface area contributed by atoms with Gasteiger partial charge in [0.2, 0.25) is 0 Å². The number of halogens is 1. The Hall–Kier alpha value is -1.58. The minimum atomic E-state index is 0.454. The maximum Gasteiger partial charge on any atom is 0.138 e. The standard InChI is InChI=1S/C16H19ClN2O/c1-12(2)18-9-15-6-7-16(10-19-15)20-11-13-4-3-5-14(17)8-13/h3-8,10,12,18H,9,11H2,1-2H3. The quantitative estimate of drug-likeness (QED) is 0.878. The van der Waals surface area contributed by atoms with Gasteiger partial charge in [0, 0.05) is 17.6 Å². The van der Waals surface area contributed by atoms with E-state index in [0.717, 1.165) is 28.6 Å². The first-order chi connectivity index (χ1) is 9.63. The van der Waals surface area contributed by atoms with E-state index >= 15 is 0 Å². The number of ether oxygens (including phenoxy) is 1. The number of aromatic nitrogens is 1. The fourth-order valence-electron chi connectivity index (χ4n) is 1.70. The highest BCUT2D eigenvalue weighted by Gasteiger charge is 2.00. The zero-order valence-electron chi connectivity index (χ0n) is 11.8. The Bertz CT molecular complexity index is 540. The zero-order chi connectivity index (χ0) is 14.4. The van der Waals surface area contributed by atoms with Crippen LogP contribution in [0.4, 0.5) is 0 Å². The van der Waals surface area contributed by atoms with Gasteiger partial charge in [-0.25, -0.2) is 0 Å². The molecule has 20 heavy (non-hydrogen) atoms. The fraction of sp³-hybridized carbons (Fsp3) is 0.312. The van der Waals surface area contributed by atoms with Crippen molar-refractivity contribution in [3.8, 4) is 5.75 Å². The van der Waals surface area contributed by atoms with Crippen LogP contribution < -0.4 is 10.1 Å². The Balaban J connectivity index is 1.87. The summed E-state index contributed by atoms with van der Waals surface area (Å²) < 4.78 is 5.69. The van der Waals surface area contributed by atoms with Crippen LogP contribution >= 0.6 is 11.6 Å². The van der Waals surface area contributed by atoms with Gasteiger partial charge in [-0.05, 0) is 29.8 Å². The molecule has 0 fully saturated rings. The second kappa shape index (κ2) is 7.27. The first-order valence-corrected chi connectivity index (χ1v) is 7.07. The Morgan fingerprint density at radius 3 is 2.75 bits per heavy atom. The molecule has 0 saturated carbocycles. The van der Waals surface area contributed by atoms with Gasteiger partial charge in [0.25, 0.3) is 0 Å². The monoisotopic (exact) mass is 290 g/mol. The van der Waals surface area contributed by atoms with E-state index in [1.54, 1.807) is 6.20 Å². The molecule has 0 spiro atoms. The smallest absolute Gasteiger partial charge is 0.138 e. The van der Waals surface area contributed by atoms with Crippen LogP contribution in [0.25, 0.3) is 0 Å². The van der Waals surface area contributed by atoms with Crippen molar-refractivity contribution in [1.29, 1.82) is 0 Å². The Morgan fingerprint density at radius 2 is 2.10 bits per heavy atom. The number of nitrogens with one attached hydrogen (secondary N) is 1. The number of benzene rings is 1. The number of hydrogen-bond donors (Lipinski definition) is 1. The molecule has 0 unspecified atom stereocenters. The maximum absolute atomic E-state index is 5.93. The van der Waals surface area contributed by atoms with E-state index < -0.39 is 0 Å². The van der Waals surface area contributed by atoms with E-state index in [1.165, 1.54) is 0 Å². The van der Waals surface area contributed by atoms with Gasteiger partial charge in [0.1, 0.15) is 12.4 Å². The van der Waals surface area contributed by atoms with Crippen molar-refractivity contribution < 1.29 is 4.74 Å². The molecule has 0 aliphatic rings. The van der Waals surface area contributed by atoms with Gasteiger partial charge in [0.05, 0.1) is 11.9 Å². The summed E-state index contributed by atoms with van der Waals surface area (Å²) >= 11 is 5.93. The van der Waals surface area contributed by atoms with Gasteiger partial charge >= 0.3 is 0 Å². The Labute approximate surface area is 124 Å². The molecule has 2 aromatic rings. The molecule has 0 atom stereocenters. The third-order valence-corrected chi connectivity index (χ3v) is 3.02. The summed E-state index contributed by atoms with van der Waals surface area (Å²) in [6, 6.07) is 12.0. The predicted octanol–water partition coefficient (Wildman–Crippen LogP) is 3.81. The van der Waals surface area contributed by atoms with Crippen LogP contribution in [-0.2, 0) is 13.2 Å². The Morgan fingerprint density at radius 1 is 1.25 bits per heavy atom. The van der Waals surface area contributed by atoms with Gasteiger partial charge in [0.15, 0.2) is 0 Å². The average Bonchev–Trinajstić information content (AvgIpc) is 2.44. The summed E-state index contributed by atoms with van der Waals surface area (Å²) in [5.41, 5.74) is 2.05. The lowest BCUT2D eigenvalue weighted by Crippen LogP contribution is -2.22. The summed E-state index contributed by atoms with van der Waals surface area (Å²) in [5.74, 6) is 0.762. The predicted molar refractivity (Wildman–Crippen MR) is 82.0 cm³/mol. The second-order valence-corrected chi connectivity index (χ2v) is 5.38. The first kappa shape index (κ1) is 14.8. The molecule has 0 bridgehead atoms. The molecule has 0 aliphatic carbocycles. The molecule has 106 valence electrons. The van der Waals surface area contributed by atoms with Crippen molar-refractivity contribution in [2.75, 3.05) is 0 Å². The summed E-state index contributed by atoms with van der Waals surface area (Å²) in [5, 5.41) is 4.05. The van der Waals surface area contributed by atoms with E-state index in [-0.39, 0.29) is 0 Å². The zero-order valence-corrected chi connectivity index (χ0v) is 12.5. The molecular weight excluding hydrogens is 272 g/mol. The van der Waals surface area contributed by atoms with Gasteiger partial charge in [-0.15, -0.1) is 0 Å². The van der Waals surface area contributed by atoms with Crippen molar-refractivity contribution in [1.82, 2.24) is 10.3 Å². The van der Waals surface area contributed by atoms with Crippen molar-refractivity contribution in [3.05, 3.63) is 58.9 Å². The summed E-state index contributed by atoms with van der Waals surface area (Å²) in [6.07, 6.45) is 1.75. The highest BCUT2D eigenvalue weighted by Crippen LogP contribution is 2.15. The van der Waals surface area contributed by atoms with Crippen LogP contribution in [0.15, 0.2) is 42.6 Å². The SMILES string of the molecule is CC(C)NCc1ccc(OCc2cccc(Cl)c2)cn1. The van der Waals surface area contributed by atoms with Gasteiger partial charge in [-0.1, -0.05) is 37.6 Å². The number of hydrogen-bond acceptors (Lipinski definition) is 3. The van der Waals surface area contributed by atoms with Crippen molar-refractivity contribution in [2.45, 2.75) is 33.0 Å². The van der Waals surface area contributed by atoms with Gasteiger partial charge < -0.3 is 10.1 Å². The van der Waals surface area contributed by atoms with Gasteiger partial charge in [-0.3, -0.25) is 4.98 Å². The van der Waals surface area contributed by atoms with Crippen LogP contribution in [0.5, 0.6) is 5.75 Å². The van der Waals surface area contributed by atoms with Crippen LogP contribution in [0.2, 0.25) is 5.02 Å². The van der Waals surface area contributed by atoms with Gasteiger partial charge in [-0.2, -0.15) is 0 Å². The third-order valence-electron chi connectivity index (χ3n) is 2.78. The van der Waals surface area contributed by atoms with Crippen LogP contribution in [-0.4, -0.2) is 11.0 Å². The van der Waals surface area contributed by atoms with Crippen molar-refractivity contribution >= 4 is 11.6 Å². The van der Waals surface area contributed by atoms with Crippen molar-refractivity contribution in [3.63, 3.8) is 0 Å². The van der Waals surface area contributed by atoms with Crippen LogP contribution in [0, 0.1) is 0 Å². The number of rotatable bonds is 6. The minimum absolute atomic E-state index is 0.454. The molecular formula is C16H19ClN2O. The second-order valence-electron chi connectivity index (χ2n) is 4.94. The molecule has 0 saturated heterocycles. The molecule has 1 aromatic heterocycles. The lowest BCUT2D eigenvalue weighted by Gasteiger charge is -2.09. The van der Waals surface area contributed by atoms with E-state index in [2.05, 4.69) is 24.1 Å². The summed E-state index contributed by atoms with van der Waals surface area (Å²) in [4.78, 5) is 4.37. The molecule has 1 heterocycles. The first-order valence-electron chi connectivity index (χ1n) is 6.69. The molecule has 0 radical (unpaired) electrons.